The monoisotopic (exact) mass is 364 g/mol. The molecule has 0 aliphatic carbocycles. The first-order valence-electron chi connectivity index (χ1n) is 8.01. The summed E-state index contributed by atoms with van der Waals surface area (Å²) in [5.41, 5.74) is 0.937. The summed E-state index contributed by atoms with van der Waals surface area (Å²) in [7, 11) is 1.62. The highest BCUT2D eigenvalue weighted by molar-refractivity contribution is 7.22. The molecule has 0 aliphatic heterocycles. The molecule has 0 amide bonds. The molecule has 0 radical (unpaired) electrons. The molecule has 4 rings (SSSR count). The molecule has 0 unspecified atom stereocenters. The standard InChI is InChI=1S/C21H16O4S/c1-24-16-7-9-17(10-8-16)25-20-18-11-6-15(23)12-19(18)26-21(20)13-2-4-14(22)5-3-13/h2-12,22-23H,1H3. The van der Waals surface area contributed by atoms with Crippen LogP contribution in [0.25, 0.3) is 20.5 Å². The first kappa shape index (κ1) is 16.3. The topological polar surface area (TPSA) is 58.9 Å². The van der Waals surface area contributed by atoms with Crippen LogP contribution in [-0.4, -0.2) is 17.3 Å². The SMILES string of the molecule is COc1ccc(Oc2c(-c3ccc(O)cc3)sc3cc(O)ccc23)cc1. The van der Waals surface area contributed by atoms with Crippen LogP contribution < -0.4 is 9.47 Å². The number of thiophene rings is 1. The van der Waals surface area contributed by atoms with E-state index in [2.05, 4.69) is 0 Å². The van der Waals surface area contributed by atoms with E-state index in [-0.39, 0.29) is 11.5 Å². The second-order valence-corrected chi connectivity index (χ2v) is 6.82. The molecule has 0 bridgehead atoms. The highest BCUT2D eigenvalue weighted by Gasteiger charge is 2.17. The van der Waals surface area contributed by atoms with Crippen molar-refractivity contribution in [3.63, 3.8) is 0 Å². The molecule has 26 heavy (non-hydrogen) atoms. The zero-order chi connectivity index (χ0) is 18.1. The second-order valence-electron chi connectivity index (χ2n) is 5.77. The molecule has 5 heteroatoms. The second kappa shape index (κ2) is 6.61. The maximum Gasteiger partial charge on any atom is 0.153 e. The molecule has 0 saturated carbocycles. The molecule has 0 spiro atoms. The Labute approximate surface area is 154 Å². The summed E-state index contributed by atoms with van der Waals surface area (Å²) in [6.07, 6.45) is 0. The van der Waals surface area contributed by atoms with Crippen molar-refractivity contribution in [1.82, 2.24) is 0 Å². The maximum absolute atomic E-state index is 9.80. The van der Waals surface area contributed by atoms with Gasteiger partial charge in [-0.05, 0) is 72.3 Å². The van der Waals surface area contributed by atoms with Crippen LogP contribution in [0.3, 0.4) is 0 Å². The van der Waals surface area contributed by atoms with E-state index in [0.717, 1.165) is 32.0 Å². The molecule has 4 aromatic rings. The Morgan fingerprint density at radius 3 is 2.12 bits per heavy atom. The van der Waals surface area contributed by atoms with Gasteiger partial charge in [0.1, 0.15) is 23.0 Å². The summed E-state index contributed by atoms with van der Waals surface area (Å²) in [5.74, 6) is 2.60. The Morgan fingerprint density at radius 1 is 0.769 bits per heavy atom. The Hall–Kier alpha value is -3.18. The lowest BCUT2D eigenvalue weighted by atomic mass is 10.1. The van der Waals surface area contributed by atoms with Crippen molar-refractivity contribution in [2.75, 3.05) is 7.11 Å². The highest BCUT2D eigenvalue weighted by Crippen LogP contribution is 2.47. The zero-order valence-corrected chi connectivity index (χ0v) is 14.8. The zero-order valence-electron chi connectivity index (χ0n) is 14.0. The number of hydrogen-bond acceptors (Lipinski definition) is 5. The number of phenols is 2. The Bertz CT molecular complexity index is 1050. The van der Waals surface area contributed by atoms with Gasteiger partial charge in [-0.25, -0.2) is 0 Å². The van der Waals surface area contributed by atoms with E-state index in [1.165, 1.54) is 11.3 Å². The summed E-state index contributed by atoms with van der Waals surface area (Å²) in [6.45, 7) is 0. The first-order chi connectivity index (χ1) is 12.6. The van der Waals surface area contributed by atoms with Gasteiger partial charge in [-0.3, -0.25) is 0 Å². The molecular formula is C21H16O4S. The van der Waals surface area contributed by atoms with Gasteiger partial charge in [-0.2, -0.15) is 0 Å². The lowest BCUT2D eigenvalue weighted by Gasteiger charge is -2.09. The van der Waals surface area contributed by atoms with Crippen LogP contribution in [0.4, 0.5) is 0 Å². The summed E-state index contributed by atoms with van der Waals surface area (Å²) >= 11 is 1.53. The average molecular weight is 364 g/mol. The predicted molar refractivity (Wildman–Crippen MR) is 104 cm³/mol. The minimum atomic E-state index is 0.213. The first-order valence-corrected chi connectivity index (χ1v) is 8.82. The van der Waals surface area contributed by atoms with Crippen LogP contribution >= 0.6 is 11.3 Å². The van der Waals surface area contributed by atoms with E-state index in [9.17, 15) is 10.2 Å². The lowest BCUT2D eigenvalue weighted by molar-refractivity contribution is 0.413. The Morgan fingerprint density at radius 2 is 1.42 bits per heavy atom. The third-order valence-electron chi connectivity index (χ3n) is 4.04. The number of fused-ring (bicyclic) bond motifs is 1. The molecule has 3 aromatic carbocycles. The molecule has 0 atom stereocenters. The molecule has 0 fully saturated rings. The van der Waals surface area contributed by atoms with E-state index in [1.54, 1.807) is 31.4 Å². The smallest absolute Gasteiger partial charge is 0.153 e. The fourth-order valence-electron chi connectivity index (χ4n) is 2.73. The van der Waals surface area contributed by atoms with E-state index >= 15 is 0 Å². The Balaban J connectivity index is 1.84. The normalized spacial score (nSPS) is 10.8. The quantitative estimate of drug-likeness (QED) is 0.482. The minimum absolute atomic E-state index is 0.213. The number of benzene rings is 3. The number of aromatic hydroxyl groups is 2. The van der Waals surface area contributed by atoms with Gasteiger partial charge in [0.2, 0.25) is 0 Å². The molecule has 130 valence electrons. The van der Waals surface area contributed by atoms with Gasteiger partial charge in [0, 0.05) is 10.1 Å². The van der Waals surface area contributed by atoms with Crippen molar-refractivity contribution in [3.8, 4) is 39.2 Å². The van der Waals surface area contributed by atoms with Gasteiger partial charge < -0.3 is 19.7 Å². The average Bonchev–Trinajstić information content (AvgIpc) is 3.00. The van der Waals surface area contributed by atoms with Crippen molar-refractivity contribution in [1.29, 1.82) is 0 Å². The van der Waals surface area contributed by atoms with Crippen LogP contribution in [0.1, 0.15) is 0 Å². The number of ether oxygens (including phenoxy) is 2. The van der Waals surface area contributed by atoms with Crippen molar-refractivity contribution >= 4 is 21.4 Å². The fraction of sp³-hybridized carbons (Fsp3) is 0.0476. The van der Waals surface area contributed by atoms with Gasteiger partial charge in [-0.1, -0.05) is 0 Å². The molecule has 1 aromatic heterocycles. The van der Waals surface area contributed by atoms with Crippen LogP contribution in [0.15, 0.2) is 66.7 Å². The molecule has 0 aliphatic rings. The minimum Gasteiger partial charge on any atom is -0.508 e. The summed E-state index contributed by atoms with van der Waals surface area (Å²) < 4.78 is 12.3. The number of rotatable bonds is 4. The molecule has 4 nitrogen and oxygen atoms in total. The largest absolute Gasteiger partial charge is 0.508 e. The third kappa shape index (κ3) is 3.05. The maximum atomic E-state index is 9.80. The predicted octanol–water partition coefficient (Wildman–Crippen LogP) is 5.78. The van der Waals surface area contributed by atoms with Crippen LogP contribution in [-0.2, 0) is 0 Å². The summed E-state index contributed by atoms with van der Waals surface area (Å²) in [4.78, 5) is 0.932. The van der Waals surface area contributed by atoms with Gasteiger partial charge in [0.25, 0.3) is 0 Å². The number of hydrogen-bond donors (Lipinski definition) is 2. The van der Waals surface area contributed by atoms with Gasteiger partial charge in [0.15, 0.2) is 5.75 Å². The number of methoxy groups -OCH3 is 1. The molecule has 0 saturated heterocycles. The van der Waals surface area contributed by atoms with Crippen molar-refractivity contribution < 1.29 is 19.7 Å². The fourth-order valence-corrected chi connectivity index (χ4v) is 3.90. The van der Waals surface area contributed by atoms with E-state index in [0.29, 0.717) is 5.75 Å². The molecule has 1 heterocycles. The van der Waals surface area contributed by atoms with E-state index < -0.39 is 0 Å². The van der Waals surface area contributed by atoms with E-state index in [1.807, 2.05) is 42.5 Å². The summed E-state index contributed by atoms with van der Waals surface area (Å²) in [5, 5.41) is 20.3. The van der Waals surface area contributed by atoms with Crippen molar-refractivity contribution in [2.24, 2.45) is 0 Å². The summed E-state index contributed by atoms with van der Waals surface area (Å²) in [6, 6.07) is 19.6. The van der Waals surface area contributed by atoms with Crippen LogP contribution in [0.2, 0.25) is 0 Å². The Kier molecular flexibility index (Phi) is 4.14. The van der Waals surface area contributed by atoms with Crippen LogP contribution in [0, 0.1) is 0 Å². The third-order valence-corrected chi connectivity index (χ3v) is 5.22. The lowest BCUT2D eigenvalue weighted by Crippen LogP contribution is -1.87. The highest BCUT2D eigenvalue weighted by atomic mass is 32.1. The van der Waals surface area contributed by atoms with Crippen LogP contribution in [0.5, 0.6) is 28.7 Å². The van der Waals surface area contributed by atoms with Crippen molar-refractivity contribution in [2.45, 2.75) is 0 Å². The van der Waals surface area contributed by atoms with Crippen molar-refractivity contribution in [3.05, 3.63) is 66.7 Å². The van der Waals surface area contributed by atoms with Gasteiger partial charge >= 0.3 is 0 Å². The van der Waals surface area contributed by atoms with Gasteiger partial charge in [-0.15, -0.1) is 11.3 Å². The molecular weight excluding hydrogens is 348 g/mol. The number of phenolic OH excluding ortho intramolecular Hbond substituents is 2. The van der Waals surface area contributed by atoms with E-state index in [4.69, 9.17) is 9.47 Å². The molecule has 2 N–H and O–H groups in total. The van der Waals surface area contributed by atoms with Gasteiger partial charge in [0.05, 0.1) is 12.0 Å².